The summed E-state index contributed by atoms with van der Waals surface area (Å²) in [5.74, 6) is 3.56. The monoisotopic (exact) mass is 288 g/mol. The Hall–Kier alpha value is -0.300. The van der Waals surface area contributed by atoms with Gasteiger partial charge in [-0.05, 0) is 93.3 Å². The molecular formula is C20H32O. The van der Waals surface area contributed by atoms with Gasteiger partial charge in [-0.1, -0.05) is 25.5 Å². The van der Waals surface area contributed by atoms with E-state index in [2.05, 4.69) is 19.9 Å². The van der Waals surface area contributed by atoms with Crippen LogP contribution >= 0.6 is 0 Å². The predicted octanol–water partition coefficient (Wildman–Crippen LogP) is 5.09. The third kappa shape index (κ3) is 1.85. The fraction of sp³-hybridized carbons (Fsp3) is 0.900. The van der Waals surface area contributed by atoms with Crippen LogP contribution in [0.5, 0.6) is 0 Å². The van der Waals surface area contributed by atoms with E-state index >= 15 is 0 Å². The van der Waals surface area contributed by atoms with Crippen molar-refractivity contribution >= 4 is 0 Å². The molecule has 0 heterocycles. The highest BCUT2D eigenvalue weighted by Crippen LogP contribution is 2.65. The van der Waals surface area contributed by atoms with Gasteiger partial charge < -0.3 is 5.11 Å². The molecule has 0 unspecified atom stereocenters. The van der Waals surface area contributed by atoms with Crippen LogP contribution in [0.4, 0.5) is 0 Å². The molecule has 0 aliphatic heterocycles. The molecule has 0 aromatic heterocycles. The minimum atomic E-state index is -0.370. The molecule has 0 saturated heterocycles. The molecular weight excluding hydrogens is 256 g/mol. The number of rotatable bonds is 1. The summed E-state index contributed by atoms with van der Waals surface area (Å²) in [4.78, 5) is 0. The molecule has 1 nitrogen and oxygen atoms in total. The second kappa shape index (κ2) is 4.85. The maximum absolute atomic E-state index is 11.2. The molecule has 0 radical (unpaired) electrons. The van der Waals surface area contributed by atoms with E-state index in [9.17, 15) is 5.11 Å². The quantitative estimate of drug-likeness (QED) is 0.666. The molecule has 4 aliphatic carbocycles. The lowest BCUT2D eigenvalue weighted by Crippen LogP contribution is -2.52. The normalized spacial score (nSPS) is 52.6. The lowest BCUT2D eigenvalue weighted by Gasteiger charge is -2.55. The molecule has 0 bridgehead atoms. The van der Waals surface area contributed by atoms with Crippen LogP contribution < -0.4 is 0 Å². The molecule has 1 N–H and O–H groups in total. The molecule has 4 rings (SSSR count). The summed E-state index contributed by atoms with van der Waals surface area (Å²) in [5, 5.41) is 11.2. The van der Waals surface area contributed by atoms with E-state index in [0.717, 1.165) is 36.5 Å². The van der Waals surface area contributed by atoms with Gasteiger partial charge in [0, 0.05) is 0 Å². The molecule has 0 aromatic rings. The van der Waals surface area contributed by atoms with Crippen molar-refractivity contribution in [1.29, 1.82) is 0 Å². The molecule has 3 saturated carbocycles. The average molecular weight is 288 g/mol. The van der Waals surface area contributed by atoms with Gasteiger partial charge in [-0.3, -0.25) is 0 Å². The van der Waals surface area contributed by atoms with Crippen LogP contribution in [0.15, 0.2) is 11.6 Å². The van der Waals surface area contributed by atoms with Crippen LogP contribution in [0.3, 0.4) is 0 Å². The van der Waals surface area contributed by atoms with Crippen molar-refractivity contribution in [3.05, 3.63) is 11.6 Å². The van der Waals surface area contributed by atoms with Gasteiger partial charge in [0.2, 0.25) is 0 Å². The predicted molar refractivity (Wildman–Crippen MR) is 86.9 cm³/mol. The first-order valence-electron chi connectivity index (χ1n) is 9.50. The highest BCUT2D eigenvalue weighted by molar-refractivity contribution is 5.19. The van der Waals surface area contributed by atoms with Gasteiger partial charge in [-0.25, -0.2) is 0 Å². The zero-order chi connectivity index (χ0) is 14.7. The molecule has 0 aromatic carbocycles. The summed E-state index contributed by atoms with van der Waals surface area (Å²) < 4.78 is 0. The fourth-order valence-corrected chi connectivity index (χ4v) is 6.99. The van der Waals surface area contributed by atoms with E-state index in [4.69, 9.17) is 0 Å². The van der Waals surface area contributed by atoms with Crippen molar-refractivity contribution in [3.63, 3.8) is 0 Å². The second-order valence-corrected chi connectivity index (χ2v) is 8.67. The number of fused-ring (bicyclic) bond motifs is 5. The number of hydrogen-bond acceptors (Lipinski definition) is 1. The number of hydrogen-bond donors (Lipinski definition) is 1. The van der Waals surface area contributed by atoms with E-state index < -0.39 is 0 Å². The summed E-state index contributed by atoms with van der Waals surface area (Å²) in [7, 11) is 0. The fourth-order valence-electron chi connectivity index (χ4n) is 6.99. The standard InChI is InChI=1S/C20H32O/c1-3-20(21)13-11-18-17-9-8-14-6-4-5-7-15(14)16(17)10-12-19(18,20)2/h6,15-18,21H,3-5,7-13H2,1-2H3/t15-,16-,17-,18+,19+,20+/m1/s1. The van der Waals surface area contributed by atoms with Gasteiger partial charge >= 0.3 is 0 Å². The molecule has 6 atom stereocenters. The van der Waals surface area contributed by atoms with Crippen molar-refractivity contribution in [3.8, 4) is 0 Å². The third-order valence-electron chi connectivity index (χ3n) is 8.28. The van der Waals surface area contributed by atoms with Crippen molar-refractivity contribution < 1.29 is 5.11 Å². The molecule has 1 heteroatoms. The average Bonchev–Trinajstić information content (AvgIpc) is 2.79. The van der Waals surface area contributed by atoms with Gasteiger partial charge in [0.25, 0.3) is 0 Å². The largest absolute Gasteiger partial charge is 0.389 e. The van der Waals surface area contributed by atoms with E-state index in [1.54, 1.807) is 0 Å². The van der Waals surface area contributed by atoms with E-state index in [1.807, 2.05) is 5.57 Å². The maximum Gasteiger partial charge on any atom is 0.0701 e. The second-order valence-electron chi connectivity index (χ2n) is 8.67. The van der Waals surface area contributed by atoms with Crippen LogP contribution in [-0.4, -0.2) is 10.7 Å². The molecule has 0 spiro atoms. The minimum Gasteiger partial charge on any atom is -0.389 e. The molecule has 4 aliphatic rings. The van der Waals surface area contributed by atoms with Gasteiger partial charge in [-0.2, -0.15) is 0 Å². The Kier molecular flexibility index (Phi) is 3.30. The van der Waals surface area contributed by atoms with Crippen LogP contribution in [0, 0.1) is 29.1 Å². The highest BCUT2D eigenvalue weighted by Gasteiger charge is 2.61. The minimum absolute atomic E-state index is 0.207. The topological polar surface area (TPSA) is 20.2 Å². The summed E-state index contributed by atoms with van der Waals surface area (Å²) in [5.41, 5.74) is 1.65. The van der Waals surface area contributed by atoms with E-state index in [0.29, 0.717) is 0 Å². The summed E-state index contributed by atoms with van der Waals surface area (Å²) in [6, 6.07) is 0. The number of allylic oxidation sites excluding steroid dienone is 2. The summed E-state index contributed by atoms with van der Waals surface area (Å²) in [6.07, 6.45) is 15.5. The van der Waals surface area contributed by atoms with Gasteiger partial charge in [-0.15, -0.1) is 0 Å². The molecule has 0 amide bonds. The first-order chi connectivity index (χ1) is 10.1. The van der Waals surface area contributed by atoms with E-state index in [1.165, 1.54) is 51.4 Å². The first-order valence-corrected chi connectivity index (χ1v) is 9.50. The first kappa shape index (κ1) is 14.3. The van der Waals surface area contributed by atoms with Crippen molar-refractivity contribution in [2.75, 3.05) is 0 Å². The Bertz CT molecular complexity index is 453. The van der Waals surface area contributed by atoms with Crippen LogP contribution in [0.2, 0.25) is 0 Å². The van der Waals surface area contributed by atoms with Crippen LogP contribution in [0.25, 0.3) is 0 Å². The Balaban J connectivity index is 1.64. The van der Waals surface area contributed by atoms with Crippen molar-refractivity contribution in [2.45, 2.75) is 83.7 Å². The lowest BCUT2D eigenvalue weighted by atomic mass is 9.50. The Morgan fingerprint density at radius 1 is 1.14 bits per heavy atom. The highest BCUT2D eigenvalue weighted by atomic mass is 16.3. The SMILES string of the molecule is CC[C@]1(O)CC[C@H]2[C@@H]3CCC4=CCCC[C@H]4[C@H]3CC[C@@]21C. The van der Waals surface area contributed by atoms with Crippen molar-refractivity contribution in [1.82, 2.24) is 0 Å². The maximum atomic E-state index is 11.2. The molecule has 21 heavy (non-hydrogen) atoms. The van der Waals surface area contributed by atoms with Gasteiger partial charge in [0.15, 0.2) is 0 Å². The van der Waals surface area contributed by atoms with E-state index in [-0.39, 0.29) is 11.0 Å². The van der Waals surface area contributed by atoms with Gasteiger partial charge in [0.05, 0.1) is 5.60 Å². The Morgan fingerprint density at radius 2 is 2.00 bits per heavy atom. The molecule has 3 fully saturated rings. The van der Waals surface area contributed by atoms with Gasteiger partial charge in [0.1, 0.15) is 0 Å². The zero-order valence-corrected chi connectivity index (χ0v) is 13.9. The number of aliphatic hydroxyl groups is 1. The summed E-state index contributed by atoms with van der Waals surface area (Å²) >= 11 is 0. The van der Waals surface area contributed by atoms with Crippen LogP contribution in [-0.2, 0) is 0 Å². The smallest absolute Gasteiger partial charge is 0.0701 e. The van der Waals surface area contributed by atoms with Crippen LogP contribution in [0.1, 0.15) is 78.1 Å². The third-order valence-corrected chi connectivity index (χ3v) is 8.28. The Morgan fingerprint density at radius 3 is 2.81 bits per heavy atom. The molecule has 118 valence electrons. The van der Waals surface area contributed by atoms with Crippen molar-refractivity contribution in [2.24, 2.45) is 29.1 Å². The Labute approximate surface area is 130 Å². The summed E-state index contributed by atoms with van der Waals surface area (Å²) in [6.45, 7) is 4.62. The zero-order valence-electron chi connectivity index (χ0n) is 13.9. The lowest BCUT2D eigenvalue weighted by molar-refractivity contribution is -0.119.